The Morgan fingerprint density at radius 3 is 2.53 bits per heavy atom. The number of hydrogen-bond donors (Lipinski definition) is 1. The lowest BCUT2D eigenvalue weighted by Crippen LogP contribution is -2.31. The van der Waals surface area contributed by atoms with Crippen LogP contribution in [0.15, 0.2) is 18.3 Å². The Morgan fingerprint density at radius 2 is 2.00 bits per heavy atom. The molecular weight excluding hydrogens is 238 g/mol. The summed E-state index contributed by atoms with van der Waals surface area (Å²) in [6, 6.07) is 4.35. The molecule has 0 spiro atoms. The third-order valence-corrected chi connectivity index (χ3v) is 3.76. The van der Waals surface area contributed by atoms with Crippen LogP contribution in [-0.4, -0.2) is 34.9 Å². The number of aromatic nitrogens is 1. The van der Waals surface area contributed by atoms with Crippen LogP contribution < -0.4 is 5.32 Å². The van der Waals surface area contributed by atoms with E-state index in [-0.39, 0.29) is 5.91 Å². The quantitative estimate of drug-likeness (QED) is 0.886. The van der Waals surface area contributed by atoms with Crippen LogP contribution in [0.5, 0.6) is 0 Å². The summed E-state index contributed by atoms with van der Waals surface area (Å²) in [6.07, 6.45) is 6.86. The average molecular weight is 261 g/mol. The standard InChI is InChI=1S/C15H23N3O/c1-3-18(4-2)15(19)14-10-9-13(11-16-14)17-12-7-5-6-8-12/h9-12,17H,3-8H2,1-2H3. The van der Waals surface area contributed by atoms with Crippen LogP contribution in [0.1, 0.15) is 50.0 Å². The molecule has 1 saturated carbocycles. The second-order valence-electron chi connectivity index (χ2n) is 5.04. The summed E-state index contributed by atoms with van der Waals surface area (Å²) in [6.45, 7) is 5.41. The lowest BCUT2D eigenvalue weighted by molar-refractivity contribution is 0.0767. The lowest BCUT2D eigenvalue weighted by atomic mass is 10.2. The van der Waals surface area contributed by atoms with Crippen LogP contribution in [0.4, 0.5) is 5.69 Å². The predicted octanol–water partition coefficient (Wildman–Crippen LogP) is 2.92. The summed E-state index contributed by atoms with van der Waals surface area (Å²) in [5, 5.41) is 3.48. The van der Waals surface area contributed by atoms with Crippen LogP contribution in [0, 0.1) is 0 Å². The van der Waals surface area contributed by atoms with Crippen molar-refractivity contribution in [1.82, 2.24) is 9.88 Å². The average Bonchev–Trinajstić information content (AvgIpc) is 2.94. The van der Waals surface area contributed by atoms with E-state index < -0.39 is 0 Å². The number of amides is 1. The molecular formula is C15H23N3O. The first-order valence-electron chi connectivity index (χ1n) is 7.26. The van der Waals surface area contributed by atoms with Crippen LogP contribution >= 0.6 is 0 Å². The fourth-order valence-electron chi connectivity index (χ4n) is 2.58. The molecule has 0 unspecified atom stereocenters. The number of carbonyl (C=O) groups is 1. The van der Waals surface area contributed by atoms with Gasteiger partial charge >= 0.3 is 0 Å². The molecule has 1 fully saturated rings. The first-order chi connectivity index (χ1) is 9.24. The highest BCUT2D eigenvalue weighted by molar-refractivity contribution is 5.92. The summed E-state index contributed by atoms with van der Waals surface area (Å²) in [5.41, 5.74) is 1.55. The number of nitrogens with one attached hydrogen (secondary N) is 1. The maximum atomic E-state index is 12.1. The molecule has 1 aliphatic carbocycles. The minimum absolute atomic E-state index is 0.0115. The maximum Gasteiger partial charge on any atom is 0.272 e. The molecule has 1 aromatic heterocycles. The van der Waals surface area contributed by atoms with Gasteiger partial charge in [0.05, 0.1) is 11.9 Å². The zero-order valence-corrected chi connectivity index (χ0v) is 11.9. The zero-order valence-electron chi connectivity index (χ0n) is 11.9. The van der Waals surface area contributed by atoms with Gasteiger partial charge in [0.2, 0.25) is 0 Å². The Morgan fingerprint density at radius 1 is 1.32 bits per heavy atom. The van der Waals surface area contributed by atoms with Crippen molar-refractivity contribution >= 4 is 11.6 Å². The highest BCUT2D eigenvalue weighted by Gasteiger charge is 2.16. The molecule has 0 radical (unpaired) electrons. The molecule has 1 aromatic rings. The Bertz CT molecular complexity index is 406. The molecule has 1 amide bonds. The van der Waals surface area contributed by atoms with Crippen molar-refractivity contribution in [2.24, 2.45) is 0 Å². The molecule has 104 valence electrons. The fraction of sp³-hybridized carbons (Fsp3) is 0.600. The minimum atomic E-state index is 0.0115. The van der Waals surface area contributed by atoms with Gasteiger partial charge in [0, 0.05) is 19.1 Å². The molecule has 0 saturated heterocycles. The topological polar surface area (TPSA) is 45.2 Å². The highest BCUT2D eigenvalue weighted by Crippen LogP contribution is 2.21. The highest BCUT2D eigenvalue weighted by atomic mass is 16.2. The van der Waals surface area contributed by atoms with Gasteiger partial charge in [0.15, 0.2) is 0 Å². The number of hydrogen-bond acceptors (Lipinski definition) is 3. The molecule has 1 heterocycles. The summed E-state index contributed by atoms with van der Waals surface area (Å²) in [7, 11) is 0. The molecule has 0 aliphatic heterocycles. The van der Waals surface area contributed by atoms with Gasteiger partial charge in [0.25, 0.3) is 5.91 Å². The van der Waals surface area contributed by atoms with E-state index in [1.165, 1.54) is 25.7 Å². The predicted molar refractivity (Wildman–Crippen MR) is 77.4 cm³/mol. The Kier molecular flexibility index (Phi) is 4.77. The van der Waals surface area contributed by atoms with E-state index in [2.05, 4.69) is 10.3 Å². The monoisotopic (exact) mass is 261 g/mol. The van der Waals surface area contributed by atoms with Crippen molar-refractivity contribution in [1.29, 1.82) is 0 Å². The molecule has 1 aliphatic rings. The molecule has 2 rings (SSSR count). The van der Waals surface area contributed by atoms with Crippen molar-refractivity contribution in [2.75, 3.05) is 18.4 Å². The van der Waals surface area contributed by atoms with Gasteiger partial charge in [0.1, 0.15) is 5.69 Å². The van der Waals surface area contributed by atoms with E-state index in [0.29, 0.717) is 11.7 Å². The number of rotatable bonds is 5. The Balaban J connectivity index is 1.99. The largest absolute Gasteiger partial charge is 0.381 e. The number of nitrogens with zero attached hydrogens (tertiary/aromatic N) is 2. The summed E-state index contributed by atoms with van der Waals surface area (Å²) < 4.78 is 0. The van der Waals surface area contributed by atoms with Crippen molar-refractivity contribution in [3.63, 3.8) is 0 Å². The van der Waals surface area contributed by atoms with Crippen LogP contribution in [0.2, 0.25) is 0 Å². The van der Waals surface area contributed by atoms with E-state index in [1.54, 1.807) is 11.1 Å². The van der Waals surface area contributed by atoms with Crippen LogP contribution in [0.25, 0.3) is 0 Å². The van der Waals surface area contributed by atoms with Gasteiger partial charge in [-0.05, 0) is 38.8 Å². The Labute approximate surface area is 115 Å². The van der Waals surface area contributed by atoms with Gasteiger partial charge in [-0.1, -0.05) is 12.8 Å². The smallest absolute Gasteiger partial charge is 0.272 e. The number of carbonyl (C=O) groups excluding carboxylic acids is 1. The fourth-order valence-corrected chi connectivity index (χ4v) is 2.58. The van der Waals surface area contributed by atoms with Gasteiger partial charge in [-0.2, -0.15) is 0 Å². The SMILES string of the molecule is CCN(CC)C(=O)c1ccc(NC2CCCC2)cn1. The van der Waals surface area contributed by atoms with E-state index >= 15 is 0 Å². The third-order valence-electron chi connectivity index (χ3n) is 3.76. The van der Waals surface area contributed by atoms with Gasteiger partial charge in [-0.3, -0.25) is 4.79 Å². The van der Waals surface area contributed by atoms with Gasteiger partial charge < -0.3 is 10.2 Å². The normalized spacial score (nSPS) is 15.5. The van der Waals surface area contributed by atoms with E-state index in [4.69, 9.17) is 0 Å². The third kappa shape index (κ3) is 3.46. The molecule has 0 atom stereocenters. The number of pyridine rings is 1. The first kappa shape index (κ1) is 13.8. The Hall–Kier alpha value is -1.58. The molecule has 4 heteroatoms. The van der Waals surface area contributed by atoms with Crippen molar-refractivity contribution in [3.05, 3.63) is 24.0 Å². The molecule has 4 nitrogen and oxygen atoms in total. The summed E-state index contributed by atoms with van der Waals surface area (Å²) in [5.74, 6) is 0.0115. The molecule has 1 N–H and O–H groups in total. The molecule has 19 heavy (non-hydrogen) atoms. The second-order valence-corrected chi connectivity index (χ2v) is 5.04. The van der Waals surface area contributed by atoms with E-state index in [1.807, 2.05) is 26.0 Å². The van der Waals surface area contributed by atoms with E-state index in [0.717, 1.165) is 18.8 Å². The van der Waals surface area contributed by atoms with Gasteiger partial charge in [-0.15, -0.1) is 0 Å². The minimum Gasteiger partial charge on any atom is -0.381 e. The maximum absolute atomic E-state index is 12.1. The van der Waals surface area contributed by atoms with Crippen LogP contribution in [0.3, 0.4) is 0 Å². The molecule has 0 aromatic carbocycles. The lowest BCUT2D eigenvalue weighted by Gasteiger charge is -2.18. The van der Waals surface area contributed by atoms with Crippen molar-refractivity contribution in [2.45, 2.75) is 45.6 Å². The van der Waals surface area contributed by atoms with Gasteiger partial charge in [-0.25, -0.2) is 4.98 Å². The molecule has 0 bridgehead atoms. The van der Waals surface area contributed by atoms with Crippen molar-refractivity contribution in [3.8, 4) is 0 Å². The van der Waals surface area contributed by atoms with E-state index in [9.17, 15) is 4.79 Å². The zero-order chi connectivity index (χ0) is 13.7. The second kappa shape index (κ2) is 6.55. The van der Waals surface area contributed by atoms with Crippen molar-refractivity contribution < 1.29 is 4.79 Å². The first-order valence-corrected chi connectivity index (χ1v) is 7.26. The summed E-state index contributed by atoms with van der Waals surface area (Å²) >= 11 is 0. The van der Waals surface area contributed by atoms with Crippen LogP contribution in [-0.2, 0) is 0 Å². The number of anilines is 1. The summed E-state index contributed by atoms with van der Waals surface area (Å²) in [4.78, 5) is 18.2.